The minimum atomic E-state index is -2.47. The molecular formula is C23H32N2O7. The fourth-order valence-corrected chi connectivity index (χ4v) is 2.76. The molecule has 0 saturated carbocycles. The van der Waals surface area contributed by atoms with Crippen molar-refractivity contribution in [1.29, 1.82) is 5.26 Å². The first-order chi connectivity index (χ1) is 14.9. The molecule has 1 aromatic rings. The van der Waals surface area contributed by atoms with Gasteiger partial charge in [0.15, 0.2) is 0 Å². The van der Waals surface area contributed by atoms with E-state index in [0.717, 1.165) is 0 Å². The van der Waals surface area contributed by atoms with Gasteiger partial charge in [0.2, 0.25) is 0 Å². The molecule has 1 amide bonds. The summed E-state index contributed by atoms with van der Waals surface area (Å²) in [6, 6.07) is 9.31. The largest absolute Gasteiger partial charge is 0.510 e. The topological polar surface area (TPSA) is 124 Å². The summed E-state index contributed by atoms with van der Waals surface area (Å²) in [7, 11) is 0. The number of esters is 1. The Morgan fingerprint density at radius 2 is 1.69 bits per heavy atom. The molecule has 0 saturated heterocycles. The van der Waals surface area contributed by atoms with E-state index >= 15 is 0 Å². The third kappa shape index (κ3) is 8.46. The number of amides is 1. The van der Waals surface area contributed by atoms with E-state index in [1.54, 1.807) is 58.0 Å². The van der Waals surface area contributed by atoms with Gasteiger partial charge in [-0.05, 0) is 45.6 Å². The van der Waals surface area contributed by atoms with Crippen molar-refractivity contribution >= 4 is 18.2 Å². The van der Waals surface area contributed by atoms with Gasteiger partial charge >= 0.3 is 23.8 Å². The van der Waals surface area contributed by atoms with Crippen molar-refractivity contribution in [3.63, 3.8) is 0 Å². The smallest absolute Gasteiger partial charge is 0.462 e. The maximum Gasteiger partial charge on any atom is 0.510 e. The second kappa shape index (κ2) is 11.9. The molecule has 0 bridgehead atoms. The quantitative estimate of drug-likeness (QED) is 0.442. The average Bonchev–Trinajstić information content (AvgIpc) is 2.69. The van der Waals surface area contributed by atoms with E-state index in [0.29, 0.717) is 5.56 Å². The average molecular weight is 449 g/mol. The van der Waals surface area contributed by atoms with Crippen LogP contribution in [0.1, 0.15) is 53.5 Å². The number of nitriles is 1. The van der Waals surface area contributed by atoms with Gasteiger partial charge in [-0.25, -0.2) is 14.4 Å². The number of carbonyl (C=O) groups excluding carboxylic acids is 3. The predicted octanol–water partition coefficient (Wildman–Crippen LogP) is 4.10. The number of hydrogen-bond donors (Lipinski definition) is 1. The third-order valence-electron chi connectivity index (χ3n) is 4.08. The van der Waals surface area contributed by atoms with Gasteiger partial charge in [-0.15, -0.1) is 0 Å². The van der Waals surface area contributed by atoms with Crippen molar-refractivity contribution in [2.24, 2.45) is 5.92 Å². The fraction of sp³-hybridized carbons (Fsp3) is 0.565. The minimum absolute atomic E-state index is 0.0640. The zero-order chi connectivity index (χ0) is 24.4. The lowest BCUT2D eigenvalue weighted by Gasteiger charge is -2.33. The van der Waals surface area contributed by atoms with Crippen LogP contribution in [0, 0.1) is 17.2 Å². The van der Waals surface area contributed by atoms with Gasteiger partial charge in [-0.2, -0.15) is 5.26 Å². The summed E-state index contributed by atoms with van der Waals surface area (Å²) < 4.78 is 20.6. The Kier molecular flexibility index (Phi) is 9.98. The molecule has 0 heterocycles. The molecule has 9 heteroatoms. The first-order valence-electron chi connectivity index (χ1n) is 10.4. The van der Waals surface area contributed by atoms with Crippen LogP contribution in [0.25, 0.3) is 0 Å². The Morgan fingerprint density at radius 3 is 2.19 bits per heavy atom. The maximum atomic E-state index is 12.8. The molecule has 1 rings (SSSR count). The van der Waals surface area contributed by atoms with Crippen LogP contribution >= 0.6 is 0 Å². The number of nitrogens with zero attached hydrogens (tertiary/aromatic N) is 1. The van der Waals surface area contributed by atoms with Crippen molar-refractivity contribution in [3.05, 3.63) is 35.9 Å². The SMILES string of the molecule is CCOC(=O)[C@@](C#N)(OC(=O)OCc1ccccc1)[C@H](CC(C)C)NC(=O)OC(C)(C)C. The van der Waals surface area contributed by atoms with E-state index in [4.69, 9.17) is 18.9 Å². The van der Waals surface area contributed by atoms with Crippen molar-refractivity contribution in [3.8, 4) is 6.07 Å². The molecule has 0 aliphatic carbocycles. The molecule has 0 fully saturated rings. The lowest BCUT2D eigenvalue weighted by molar-refractivity contribution is -0.164. The Bertz CT molecular complexity index is 812. The normalized spacial score (nSPS) is 13.8. The maximum absolute atomic E-state index is 12.8. The van der Waals surface area contributed by atoms with Gasteiger partial charge in [0.05, 0.1) is 12.6 Å². The van der Waals surface area contributed by atoms with Gasteiger partial charge in [0.1, 0.15) is 18.3 Å². The van der Waals surface area contributed by atoms with Gasteiger partial charge in [0.25, 0.3) is 0 Å². The number of benzene rings is 1. The van der Waals surface area contributed by atoms with Crippen molar-refractivity contribution in [1.82, 2.24) is 5.32 Å². The van der Waals surface area contributed by atoms with E-state index in [-0.39, 0.29) is 25.6 Å². The van der Waals surface area contributed by atoms with E-state index in [2.05, 4.69) is 5.32 Å². The predicted molar refractivity (Wildman–Crippen MR) is 115 cm³/mol. The van der Waals surface area contributed by atoms with Gasteiger partial charge in [-0.1, -0.05) is 44.2 Å². The van der Waals surface area contributed by atoms with E-state index in [1.807, 2.05) is 19.9 Å². The molecule has 0 radical (unpaired) electrons. The summed E-state index contributed by atoms with van der Waals surface area (Å²) in [4.78, 5) is 37.7. The van der Waals surface area contributed by atoms with Crippen LogP contribution in [-0.4, -0.2) is 42.1 Å². The molecule has 2 atom stereocenters. The summed E-state index contributed by atoms with van der Waals surface area (Å²) in [6.07, 6.45) is -1.99. The van der Waals surface area contributed by atoms with Crippen molar-refractivity contribution in [2.45, 2.75) is 71.8 Å². The molecule has 0 aliphatic heterocycles. The van der Waals surface area contributed by atoms with Gasteiger partial charge < -0.3 is 24.3 Å². The summed E-state index contributed by atoms with van der Waals surface area (Å²) >= 11 is 0. The van der Waals surface area contributed by atoms with Gasteiger partial charge in [-0.3, -0.25) is 0 Å². The standard InChI is InChI=1S/C23H32N2O7/c1-7-29-19(26)23(15-24,32-21(28)30-14-17-11-9-8-10-12-17)18(13-16(2)3)25-20(27)31-22(4,5)6/h8-12,16,18H,7,13-14H2,1-6H3,(H,25,27)/t18-,23-/m0/s1. The molecule has 9 nitrogen and oxygen atoms in total. The number of nitrogens with one attached hydrogen (secondary N) is 1. The number of rotatable bonds is 9. The summed E-state index contributed by atoms with van der Waals surface area (Å²) in [5, 5.41) is 12.5. The Labute approximate surface area is 189 Å². The minimum Gasteiger partial charge on any atom is -0.462 e. The van der Waals surface area contributed by atoms with Crippen LogP contribution in [0.15, 0.2) is 30.3 Å². The molecular weight excluding hydrogens is 416 g/mol. The van der Waals surface area contributed by atoms with Crippen molar-refractivity contribution in [2.75, 3.05) is 6.61 Å². The van der Waals surface area contributed by atoms with Gasteiger partial charge in [0, 0.05) is 0 Å². The summed E-state index contributed by atoms with van der Waals surface area (Å²) in [6.45, 7) is 10.0. The third-order valence-corrected chi connectivity index (χ3v) is 4.08. The van der Waals surface area contributed by atoms with Crippen LogP contribution in [0.3, 0.4) is 0 Å². The van der Waals surface area contributed by atoms with E-state index in [1.165, 1.54) is 0 Å². The number of carbonyl (C=O) groups is 3. The van der Waals surface area contributed by atoms with Crippen LogP contribution < -0.4 is 5.32 Å². The van der Waals surface area contributed by atoms with Crippen LogP contribution in [0.2, 0.25) is 0 Å². The number of ether oxygens (including phenoxy) is 4. The molecule has 0 unspecified atom stereocenters. The van der Waals surface area contributed by atoms with Crippen LogP contribution in [-0.2, 0) is 30.3 Å². The highest BCUT2D eigenvalue weighted by atomic mass is 16.7. The number of alkyl carbamates (subject to hydrolysis) is 1. The zero-order valence-electron chi connectivity index (χ0n) is 19.5. The lowest BCUT2D eigenvalue weighted by atomic mass is 9.88. The first-order valence-corrected chi connectivity index (χ1v) is 10.4. The molecule has 0 spiro atoms. The highest BCUT2D eigenvalue weighted by molar-refractivity contribution is 5.87. The van der Waals surface area contributed by atoms with Crippen LogP contribution in [0.4, 0.5) is 9.59 Å². The molecule has 0 aromatic heterocycles. The second-order valence-corrected chi connectivity index (χ2v) is 8.52. The van der Waals surface area contributed by atoms with Crippen LogP contribution in [0.5, 0.6) is 0 Å². The van der Waals surface area contributed by atoms with E-state index < -0.39 is 35.5 Å². The lowest BCUT2D eigenvalue weighted by Crippen LogP contribution is -2.60. The molecule has 0 aliphatic rings. The zero-order valence-corrected chi connectivity index (χ0v) is 19.5. The second-order valence-electron chi connectivity index (χ2n) is 8.52. The molecule has 1 aromatic carbocycles. The van der Waals surface area contributed by atoms with E-state index in [9.17, 15) is 19.6 Å². The molecule has 32 heavy (non-hydrogen) atoms. The Morgan fingerprint density at radius 1 is 1.06 bits per heavy atom. The monoisotopic (exact) mass is 448 g/mol. The fourth-order valence-electron chi connectivity index (χ4n) is 2.76. The Balaban J connectivity index is 3.19. The number of hydrogen-bond acceptors (Lipinski definition) is 8. The highest BCUT2D eigenvalue weighted by Gasteiger charge is 2.53. The first kappa shape index (κ1) is 26.8. The molecule has 1 N–H and O–H groups in total. The molecule has 176 valence electrons. The van der Waals surface area contributed by atoms with Crippen molar-refractivity contribution < 1.29 is 33.3 Å². The Hall–Kier alpha value is -3.28. The summed E-state index contributed by atoms with van der Waals surface area (Å²) in [5.74, 6) is -1.19. The summed E-state index contributed by atoms with van der Waals surface area (Å²) in [5.41, 5.74) is -2.60. The highest BCUT2D eigenvalue weighted by Crippen LogP contribution is 2.25.